The van der Waals surface area contributed by atoms with Crippen LogP contribution in [0.15, 0.2) is 23.1 Å². The normalized spacial score (nSPS) is 20.2. The van der Waals surface area contributed by atoms with Crippen molar-refractivity contribution in [1.82, 2.24) is 9.62 Å². The Bertz CT molecular complexity index is 628. The largest absolute Gasteiger partial charge is 0.398 e. The molecular weight excluding hydrogens is 297 g/mol. The minimum absolute atomic E-state index is 0.0375. The Balaban J connectivity index is 2.33. The Kier molecular flexibility index (Phi) is 4.48. The van der Waals surface area contributed by atoms with Crippen molar-refractivity contribution in [2.24, 2.45) is 5.92 Å². The van der Waals surface area contributed by atoms with Gasteiger partial charge in [0.1, 0.15) is 10.7 Å². The molecule has 1 fully saturated rings. The van der Waals surface area contributed by atoms with Crippen LogP contribution in [0.25, 0.3) is 0 Å². The van der Waals surface area contributed by atoms with Gasteiger partial charge in [-0.25, -0.2) is 12.8 Å². The van der Waals surface area contributed by atoms with Gasteiger partial charge in [-0.1, -0.05) is 6.07 Å². The number of carbonyl (C=O) groups excluding carboxylic acids is 1. The predicted molar refractivity (Wildman–Crippen MR) is 76.4 cm³/mol. The topological polar surface area (TPSA) is 92.5 Å². The molecule has 21 heavy (non-hydrogen) atoms. The lowest BCUT2D eigenvalue weighted by Crippen LogP contribution is -2.45. The van der Waals surface area contributed by atoms with Gasteiger partial charge in [0.15, 0.2) is 0 Å². The van der Waals surface area contributed by atoms with Crippen LogP contribution in [0.2, 0.25) is 0 Å². The van der Waals surface area contributed by atoms with E-state index in [0.717, 1.165) is 10.4 Å². The highest BCUT2D eigenvalue weighted by Crippen LogP contribution is 2.28. The smallest absolute Gasteiger partial charge is 0.248 e. The van der Waals surface area contributed by atoms with E-state index in [1.807, 2.05) is 0 Å². The molecule has 0 spiro atoms. The summed E-state index contributed by atoms with van der Waals surface area (Å²) < 4.78 is 40.1. The summed E-state index contributed by atoms with van der Waals surface area (Å²) in [5, 5.41) is 2.51. The summed E-state index contributed by atoms with van der Waals surface area (Å²) in [5.41, 5.74) is 5.48. The quantitative estimate of drug-likeness (QED) is 0.797. The Morgan fingerprint density at radius 1 is 1.48 bits per heavy atom. The lowest BCUT2D eigenvalue weighted by Gasteiger charge is -2.31. The van der Waals surface area contributed by atoms with Gasteiger partial charge in [0, 0.05) is 20.1 Å². The Morgan fingerprint density at radius 2 is 2.19 bits per heavy atom. The molecule has 1 unspecified atom stereocenters. The van der Waals surface area contributed by atoms with Gasteiger partial charge in [0.05, 0.1) is 11.6 Å². The zero-order valence-electron chi connectivity index (χ0n) is 11.7. The average molecular weight is 315 g/mol. The van der Waals surface area contributed by atoms with Crippen LogP contribution < -0.4 is 11.1 Å². The second kappa shape index (κ2) is 5.98. The summed E-state index contributed by atoms with van der Waals surface area (Å²) >= 11 is 0. The van der Waals surface area contributed by atoms with Crippen molar-refractivity contribution in [1.29, 1.82) is 0 Å². The summed E-state index contributed by atoms with van der Waals surface area (Å²) in [6.45, 7) is 0.291. The number of hydrogen-bond acceptors (Lipinski definition) is 4. The van der Waals surface area contributed by atoms with Crippen LogP contribution in [0.5, 0.6) is 0 Å². The van der Waals surface area contributed by atoms with Crippen molar-refractivity contribution in [3.05, 3.63) is 24.0 Å². The monoisotopic (exact) mass is 315 g/mol. The molecule has 1 amide bonds. The van der Waals surface area contributed by atoms with Crippen molar-refractivity contribution >= 4 is 21.6 Å². The third-order valence-electron chi connectivity index (χ3n) is 3.60. The fourth-order valence-electron chi connectivity index (χ4n) is 2.51. The van der Waals surface area contributed by atoms with Gasteiger partial charge < -0.3 is 11.1 Å². The summed E-state index contributed by atoms with van der Waals surface area (Å²) in [6, 6.07) is 3.76. The lowest BCUT2D eigenvalue weighted by atomic mass is 9.99. The highest BCUT2D eigenvalue weighted by Gasteiger charge is 2.35. The second-order valence-corrected chi connectivity index (χ2v) is 6.85. The Labute approximate surface area is 123 Å². The van der Waals surface area contributed by atoms with Crippen molar-refractivity contribution in [2.75, 3.05) is 25.9 Å². The number of nitrogen functional groups attached to an aromatic ring is 1. The van der Waals surface area contributed by atoms with Crippen LogP contribution in [0.1, 0.15) is 12.8 Å². The molecule has 1 aliphatic heterocycles. The molecule has 1 aromatic rings. The predicted octanol–water partition coefficient (Wildman–Crippen LogP) is 0.555. The number of amides is 1. The fraction of sp³-hybridized carbons (Fsp3) is 0.462. The molecule has 1 heterocycles. The molecule has 0 radical (unpaired) electrons. The summed E-state index contributed by atoms with van der Waals surface area (Å²) in [6.07, 6.45) is 1.16. The maximum atomic E-state index is 13.9. The molecule has 8 heteroatoms. The third-order valence-corrected chi connectivity index (χ3v) is 5.55. The number of anilines is 1. The summed E-state index contributed by atoms with van der Waals surface area (Å²) in [4.78, 5) is 11.2. The second-order valence-electron chi connectivity index (χ2n) is 4.97. The molecule has 2 rings (SSSR count). The Morgan fingerprint density at radius 3 is 2.81 bits per heavy atom. The number of benzene rings is 1. The maximum absolute atomic E-state index is 13.9. The number of carbonyl (C=O) groups is 1. The van der Waals surface area contributed by atoms with Gasteiger partial charge >= 0.3 is 0 Å². The molecule has 0 aliphatic carbocycles. The van der Waals surface area contributed by atoms with E-state index in [-0.39, 0.29) is 24.7 Å². The fourth-order valence-corrected chi connectivity index (χ4v) is 4.19. The first kappa shape index (κ1) is 15.7. The van der Waals surface area contributed by atoms with Crippen molar-refractivity contribution in [3.63, 3.8) is 0 Å². The van der Waals surface area contributed by atoms with Gasteiger partial charge in [0.25, 0.3) is 0 Å². The molecule has 0 saturated carbocycles. The van der Waals surface area contributed by atoms with E-state index in [4.69, 9.17) is 5.73 Å². The number of nitrogens with zero attached hydrogens (tertiary/aromatic N) is 1. The third kappa shape index (κ3) is 3.01. The molecule has 0 bridgehead atoms. The van der Waals surface area contributed by atoms with Crippen LogP contribution in [0.3, 0.4) is 0 Å². The number of halogens is 1. The summed E-state index contributed by atoms with van der Waals surface area (Å²) in [5.74, 6) is -1.51. The number of rotatable bonds is 3. The van der Waals surface area contributed by atoms with Gasteiger partial charge in [0.2, 0.25) is 15.9 Å². The number of sulfonamides is 1. The van der Waals surface area contributed by atoms with Gasteiger partial charge in [-0.05, 0) is 25.0 Å². The average Bonchev–Trinajstić information content (AvgIpc) is 2.46. The van der Waals surface area contributed by atoms with Crippen LogP contribution in [0, 0.1) is 11.7 Å². The van der Waals surface area contributed by atoms with Gasteiger partial charge in [-0.2, -0.15) is 4.31 Å². The van der Waals surface area contributed by atoms with Crippen molar-refractivity contribution in [3.8, 4) is 0 Å². The number of piperidine rings is 1. The molecule has 1 aromatic carbocycles. The van der Waals surface area contributed by atoms with E-state index in [0.29, 0.717) is 12.8 Å². The van der Waals surface area contributed by atoms with Crippen LogP contribution in [-0.4, -0.2) is 38.8 Å². The summed E-state index contributed by atoms with van der Waals surface area (Å²) in [7, 11) is -2.54. The number of nitrogens with two attached hydrogens (primary N) is 1. The zero-order chi connectivity index (χ0) is 15.6. The molecule has 1 atom stereocenters. The minimum Gasteiger partial charge on any atom is -0.398 e. The van der Waals surface area contributed by atoms with E-state index < -0.39 is 26.7 Å². The minimum atomic E-state index is -4.04. The standard InChI is InChI=1S/C13H18FN3O3S/c1-16-13(18)9-4-3-7-17(8-9)21(19,20)12-10(14)5-2-6-11(12)15/h2,5-6,9H,3-4,7-8,15H2,1H3,(H,16,18). The molecule has 0 aromatic heterocycles. The van der Waals surface area contributed by atoms with Crippen molar-refractivity contribution < 1.29 is 17.6 Å². The first-order valence-electron chi connectivity index (χ1n) is 6.63. The molecular formula is C13H18FN3O3S. The van der Waals surface area contributed by atoms with Crippen LogP contribution >= 0.6 is 0 Å². The molecule has 3 N–H and O–H groups in total. The van der Waals surface area contributed by atoms with Gasteiger partial charge in [-0.15, -0.1) is 0 Å². The van der Waals surface area contributed by atoms with Crippen LogP contribution in [0.4, 0.5) is 10.1 Å². The van der Waals surface area contributed by atoms with E-state index in [1.165, 1.54) is 19.2 Å². The maximum Gasteiger partial charge on any atom is 0.248 e. The zero-order valence-corrected chi connectivity index (χ0v) is 12.5. The molecule has 1 saturated heterocycles. The number of hydrogen-bond donors (Lipinski definition) is 2. The molecule has 1 aliphatic rings. The van der Waals surface area contributed by atoms with E-state index >= 15 is 0 Å². The first-order valence-corrected chi connectivity index (χ1v) is 8.07. The Hall–Kier alpha value is -1.67. The molecule has 116 valence electrons. The van der Waals surface area contributed by atoms with Gasteiger partial charge in [-0.3, -0.25) is 4.79 Å². The van der Waals surface area contributed by atoms with E-state index in [9.17, 15) is 17.6 Å². The highest BCUT2D eigenvalue weighted by atomic mass is 32.2. The SMILES string of the molecule is CNC(=O)C1CCCN(S(=O)(=O)c2c(N)cccc2F)C1. The van der Waals surface area contributed by atoms with E-state index in [1.54, 1.807) is 0 Å². The highest BCUT2D eigenvalue weighted by molar-refractivity contribution is 7.89. The molecule has 6 nitrogen and oxygen atoms in total. The number of nitrogens with one attached hydrogen (secondary N) is 1. The first-order chi connectivity index (χ1) is 9.87. The van der Waals surface area contributed by atoms with Crippen LogP contribution in [-0.2, 0) is 14.8 Å². The van der Waals surface area contributed by atoms with E-state index in [2.05, 4.69) is 5.32 Å². The lowest BCUT2D eigenvalue weighted by molar-refractivity contribution is -0.125. The van der Waals surface area contributed by atoms with Crippen molar-refractivity contribution in [2.45, 2.75) is 17.7 Å².